The van der Waals surface area contributed by atoms with Gasteiger partial charge < -0.3 is 5.11 Å². The number of aromatic hydroxyl groups is 1. The van der Waals surface area contributed by atoms with E-state index in [4.69, 9.17) is 0 Å². The molecule has 2 aromatic carbocycles. The van der Waals surface area contributed by atoms with Gasteiger partial charge in [-0.05, 0) is 64.4 Å². The van der Waals surface area contributed by atoms with Gasteiger partial charge >= 0.3 is 12.4 Å². The molecule has 2 aromatic rings. The lowest BCUT2D eigenvalue weighted by Gasteiger charge is -2.19. The molecule has 2 rings (SSSR count). The summed E-state index contributed by atoms with van der Waals surface area (Å²) in [6.45, 7) is 7.15. The van der Waals surface area contributed by atoms with Crippen molar-refractivity contribution >= 4 is 0 Å². The normalized spacial score (nSPS) is 12.9. The monoisotopic (exact) mass is 390 g/mol. The Morgan fingerprint density at radius 1 is 0.630 bits per heavy atom. The third kappa shape index (κ3) is 4.57. The molecule has 1 N–H and O–H groups in total. The van der Waals surface area contributed by atoms with Crippen molar-refractivity contribution < 1.29 is 31.4 Å². The summed E-state index contributed by atoms with van der Waals surface area (Å²) in [6, 6.07) is 4.41. The van der Waals surface area contributed by atoms with Crippen LogP contribution in [-0.2, 0) is 12.4 Å². The molecule has 0 aliphatic rings. The predicted molar refractivity (Wildman–Crippen MR) is 91.7 cm³/mol. The van der Waals surface area contributed by atoms with E-state index in [1.54, 1.807) is 27.7 Å². The Hall–Kier alpha value is -2.18. The maximum absolute atomic E-state index is 13.1. The van der Waals surface area contributed by atoms with Crippen molar-refractivity contribution in [1.82, 2.24) is 0 Å². The molecule has 0 saturated carbocycles. The van der Waals surface area contributed by atoms with E-state index in [0.717, 1.165) is 0 Å². The van der Waals surface area contributed by atoms with Crippen LogP contribution in [0.4, 0.5) is 26.3 Å². The summed E-state index contributed by atoms with van der Waals surface area (Å²) >= 11 is 0. The van der Waals surface area contributed by atoms with E-state index >= 15 is 0 Å². The zero-order valence-corrected chi connectivity index (χ0v) is 15.3. The summed E-state index contributed by atoms with van der Waals surface area (Å²) in [6.07, 6.45) is -9.82. The molecule has 7 heteroatoms. The number of alkyl halides is 6. The van der Waals surface area contributed by atoms with Gasteiger partial charge in [-0.25, -0.2) is 0 Å². The molecule has 0 bridgehead atoms. The van der Waals surface area contributed by atoms with Gasteiger partial charge in [0, 0.05) is 0 Å². The molecular formula is C20H20F6O. The topological polar surface area (TPSA) is 20.2 Å². The van der Waals surface area contributed by atoms with Crippen molar-refractivity contribution in [3.63, 3.8) is 0 Å². The molecule has 0 unspecified atom stereocenters. The molecule has 0 saturated heterocycles. The molecule has 148 valence electrons. The zero-order valence-electron chi connectivity index (χ0n) is 15.3. The van der Waals surface area contributed by atoms with Gasteiger partial charge in [0.1, 0.15) is 5.75 Å². The van der Waals surface area contributed by atoms with Gasteiger partial charge in [0.05, 0.1) is 11.1 Å². The highest BCUT2D eigenvalue weighted by molar-refractivity contribution is 5.70. The van der Waals surface area contributed by atoms with E-state index in [9.17, 15) is 31.4 Å². The Morgan fingerprint density at radius 3 is 1.26 bits per heavy atom. The number of rotatable bonds is 3. The number of hydrogen-bond acceptors (Lipinski definition) is 1. The van der Waals surface area contributed by atoms with Gasteiger partial charge in [-0.15, -0.1) is 0 Å². The van der Waals surface area contributed by atoms with Crippen molar-refractivity contribution in [2.45, 2.75) is 51.9 Å². The second-order valence-corrected chi connectivity index (χ2v) is 7.11. The average Bonchev–Trinajstić information content (AvgIpc) is 2.52. The molecule has 0 fully saturated rings. The molecule has 0 heterocycles. The molecule has 0 aromatic heterocycles. The maximum atomic E-state index is 13.1. The number of halogens is 6. The first-order valence-corrected chi connectivity index (χ1v) is 8.38. The quantitative estimate of drug-likeness (QED) is 0.544. The van der Waals surface area contributed by atoms with Crippen LogP contribution in [0.1, 0.15) is 61.8 Å². The fourth-order valence-corrected chi connectivity index (χ4v) is 2.85. The molecular weight excluding hydrogens is 370 g/mol. The van der Waals surface area contributed by atoms with Gasteiger partial charge in [0.15, 0.2) is 0 Å². The van der Waals surface area contributed by atoms with Crippen LogP contribution in [0.3, 0.4) is 0 Å². The first kappa shape index (κ1) is 21.1. The number of phenolic OH excluding ortho intramolecular Hbond substituents is 1. The Bertz CT molecular complexity index is 770. The Morgan fingerprint density at radius 2 is 0.963 bits per heavy atom. The average molecular weight is 390 g/mol. The molecule has 0 aliphatic heterocycles. The second-order valence-electron chi connectivity index (χ2n) is 7.11. The third-order valence-corrected chi connectivity index (χ3v) is 4.33. The van der Waals surface area contributed by atoms with Crippen LogP contribution in [-0.4, -0.2) is 5.11 Å². The van der Waals surface area contributed by atoms with Gasteiger partial charge in [0.2, 0.25) is 0 Å². The van der Waals surface area contributed by atoms with E-state index in [1.807, 2.05) is 0 Å². The standard InChI is InChI=1S/C20H20F6O/c1-10(2)16-7-13(8-17(11(3)4)18(16)27)12-5-14(19(21,22)23)9-15(6-12)20(24,25)26/h5-11,27H,1-4H3. The van der Waals surface area contributed by atoms with Gasteiger partial charge in [-0.3, -0.25) is 0 Å². The van der Waals surface area contributed by atoms with Gasteiger partial charge in [0.25, 0.3) is 0 Å². The highest BCUT2D eigenvalue weighted by Crippen LogP contribution is 2.42. The molecule has 0 spiro atoms. The van der Waals surface area contributed by atoms with Crippen LogP contribution >= 0.6 is 0 Å². The molecule has 0 radical (unpaired) electrons. The Kier molecular flexibility index (Phi) is 5.55. The smallest absolute Gasteiger partial charge is 0.416 e. The number of hydrogen-bond donors (Lipinski definition) is 1. The van der Waals surface area contributed by atoms with E-state index in [0.29, 0.717) is 23.3 Å². The summed E-state index contributed by atoms with van der Waals surface area (Å²) < 4.78 is 78.7. The molecule has 1 nitrogen and oxygen atoms in total. The van der Waals surface area contributed by atoms with Gasteiger partial charge in [-0.1, -0.05) is 27.7 Å². The minimum atomic E-state index is -4.91. The van der Waals surface area contributed by atoms with E-state index in [2.05, 4.69) is 0 Å². The fourth-order valence-electron chi connectivity index (χ4n) is 2.85. The van der Waals surface area contributed by atoms with Crippen molar-refractivity contribution in [3.8, 4) is 16.9 Å². The highest BCUT2D eigenvalue weighted by atomic mass is 19.4. The molecule has 0 amide bonds. The lowest BCUT2D eigenvalue weighted by Crippen LogP contribution is -2.11. The third-order valence-electron chi connectivity index (χ3n) is 4.33. The SMILES string of the molecule is CC(C)c1cc(-c2cc(C(F)(F)F)cc(C(F)(F)F)c2)cc(C(C)C)c1O. The summed E-state index contributed by atoms with van der Waals surface area (Å²) in [5.74, 6) is -0.294. The summed E-state index contributed by atoms with van der Waals surface area (Å²) in [7, 11) is 0. The van der Waals surface area contributed by atoms with Crippen LogP contribution in [0.5, 0.6) is 5.75 Å². The van der Waals surface area contributed by atoms with Gasteiger partial charge in [-0.2, -0.15) is 26.3 Å². The van der Waals surface area contributed by atoms with Crippen molar-refractivity contribution in [2.75, 3.05) is 0 Å². The first-order chi connectivity index (χ1) is 12.2. The van der Waals surface area contributed by atoms with Crippen molar-refractivity contribution in [3.05, 3.63) is 52.6 Å². The summed E-state index contributed by atoms with van der Waals surface area (Å²) in [4.78, 5) is 0. The highest BCUT2D eigenvalue weighted by Gasteiger charge is 2.37. The second kappa shape index (κ2) is 7.09. The number of phenols is 1. The number of benzene rings is 2. The lowest BCUT2D eigenvalue weighted by molar-refractivity contribution is -0.143. The fraction of sp³-hybridized carbons (Fsp3) is 0.400. The predicted octanol–water partition coefficient (Wildman–Crippen LogP) is 7.34. The van der Waals surface area contributed by atoms with Crippen LogP contribution in [0, 0.1) is 0 Å². The Balaban J connectivity index is 2.81. The maximum Gasteiger partial charge on any atom is 0.416 e. The van der Waals surface area contributed by atoms with Crippen LogP contribution in [0.15, 0.2) is 30.3 Å². The van der Waals surface area contributed by atoms with Crippen molar-refractivity contribution in [2.24, 2.45) is 0 Å². The first-order valence-electron chi connectivity index (χ1n) is 8.38. The minimum absolute atomic E-state index is 0.0202. The molecule has 27 heavy (non-hydrogen) atoms. The van der Waals surface area contributed by atoms with E-state index in [1.165, 1.54) is 12.1 Å². The molecule has 0 aliphatic carbocycles. The summed E-state index contributed by atoms with van der Waals surface area (Å²) in [5.41, 5.74) is -1.77. The van der Waals surface area contributed by atoms with Crippen molar-refractivity contribution in [1.29, 1.82) is 0 Å². The summed E-state index contributed by atoms with van der Waals surface area (Å²) in [5, 5.41) is 10.4. The van der Waals surface area contributed by atoms with Crippen LogP contribution in [0.25, 0.3) is 11.1 Å². The van der Waals surface area contributed by atoms with Crippen LogP contribution in [0.2, 0.25) is 0 Å². The lowest BCUT2D eigenvalue weighted by atomic mass is 9.88. The van der Waals surface area contributed by atoms with E-state index in [-0.39, 0.29) is 34.8 Å². The van der Waals surface area contributed by atoms with Crippen LogP contribution < -0.4 is 0 Å². The van der Waals surface area contributed by atoms with E-state index < -0.39 is 23.5 Å². The zero-order chi connectivity index (χ0) is 20.7. The minimum Gasteiger partial charge on any atom is -0.507 e. The Labute approximate surface area is 153 Å². The molecule has 0 atom stereocenters. The largest absolute Gasteiger partial charge is 0.507 e.